The largest absolute Gasteiger partial charge is 0.489 e. The molecule has 6 heteroatoms. The summed E-state index contributed by atoms with van der Waals surface area (Å²) < 4.78 is 12.6. The lowest BCUT2D eigenvalue weighted by atomic mass is 10.2. The van der Waals surface area contributed by atoms with Gasteiger partial charge in [-0.3, -0.25) is 4.79 Å². The van der Waals surface area contributed by atoms with E-state index in [1.165, 1.54) is 0 Å². The Morgan fingerprint density at radius 3 is 2.43 bits per heavy atom. The highest BCUT2D eigenvalue weighted by atomic mass is 127. The predicted octanol–water partition coefficient (Wildman–Crippen LogP) is 5.16. The molecule has 1 rings (SSSR count). The lowest BCUT2D eigenvalue weighted by Gasteiger charge is -2.36. The first-order valence-corrected chi connectivity index (χ1v) is 11.2. The number of benzene rings is 1. The fourth-order valence-corrected chi connectivity index (χ4v) is 3.72. The number of rotatable bonds is 6. The summed E-state index contributed by atoms with van der Waals surface area (Å²) in [6, 6.07) is 3.39. The maximum atomic E-state index is 11.1. The molecule has 0 fully saturated rings. The van der Waals surface area contributed by atoms with E-state index in [1.54, 1.807) is 12.1 Å². The molecule has 0 saturated carbocycles. The van der Waals surface area contributed by atoms with Crippen molar-refractivity contribution in [1.82, 2.24) is 0 Å². The average molecular weight is 441 g/mol. The number of hydrogen-bond acceptors (Lipinski definition) is 3. The van der Waals surface area contributed by atoms with Crippen LogP contribution in [0.25, 0.3) is 0 Å². The summed E-state index contributed by atoms with van der Waals surface area (Å²) in [5, 5.41) is 0.710. The molecule has 3 nitrogen and oxygen atoms in total. The van der Waals surface area contributed by atoms with Gasteiger partial charge in [-0.05, 0) is 52.9 Å². The van der Waals surface area contributed by atoms with Crippen LogP contribution in [0.2, 0.25) is 23.2 Å². The maximum Gasteiger partial charge on any atom is 0.192 e. The van der Waals surface area contributed by atoms with Crippen LogP contribution >= 0.6 is 34.2 Å². The van der Waals surface area contributed by atoms with Gasteiger partial charge in [-0.15, -0.1) is 0 Å². The van der Waals surface area contributed by atoms with Crippen molar-refractivity contribution in [1.29, 1.82) is 0 Å². The number of aldehydes is 1. The normalized spacial score (nSPS) is 12.3. The fourth-order valence-electron chi connectivity index (χ4n) is 1.48. The van der Waals surface area contributed by atoms with Gasteiger partial charge in [0.15, 0.2) is 14.6 Å². The predicted molar refractivity (Wildman–Crippen MR) is 98.2 cm³/mol. The van der Waals surface area contributed by atoms with Crippen molar-refractivity contribution in [3.05, 3.63) is 26.3 Å². The first-order chi connectivity index (χ1) is 9.58. The molecule has 0 aliphatic rings. The van der Waals surface area contributed by atoms with Gasteiger partial charge >= 0.3 is 0 Å². The summed E-state index contributed by atoms with van der Waals surface area (Å²) in [5.74, 6) is 0.578. The first-order valence-electron chi connectivity index (χ1n) is 6.79. The molecule has 0 N–H and O–H groups in total. The Morgan fingerprint density at radius 2 is 1.90 bits per heavy atom. The Labute approximate surface area is 146 Å². The zero-order valence-corrected chi connectivity index (χ0v) is 17.0. The van der Waals surface area contributed by atoms with Crippen LogP contribution in [0.4, 0.5) is 0 Å². The van der Waals surface area contributed by atoms with Crippen molar-refractivity contribution in [2.75, 3.05) is 13.2 Å². The quantitative estimate of drug-likeness (QED) is 0.265. The lowest BCUT2D eigenvalue weighted by molar-refractivity contribution is 0.111. The minimum Gasteiger partial charge on any atom is -0.489 e. The van der Waals surface area contributed by atoms with Crippen molar-refractivity contribution in [3.8, 4) is 5.75 Å². The van der Waals surface area contributed by atoms with Gasteiger partial charge in [0, 0.05) is 5.02 Å². The highest BCUT2D eigenvalue weighted by Gasteiger charge is 2.36. The van der Waals surface area contributed by atoms with Crippen LogP contribution in [0.3, 0.4) is 0 Å². The van der Waals surface area contributed by atoms with Crippen molar-refractivity contribution in [2.45, 2.75) is 38.9 Å². The fraction of sp³-hybridized carbons (Fsp3) is 0.533. The summed E-state index contributed by atoms with van der Waals surface area (Å²) in [4.78, 5) is 11.1. The average Bonchev–Trinajstić information content (AvgIpc) is 2.34. The van der Waals surface area contributed by atoms with Gasteiger partial charge in [0.05, 0.1) is 15.7 Å². The Bertz CT molecular complexity index is 512. The van der Waals surface area contributed by atoms with Crippen LogP contribution in [0, 0.1) is 3.57 Å². The third kappa shape index (κ3) is 5.23. The van der Waals surface area contributed by atoms with E-state index in [4.69, 9.17) is 20.8 Å². The van der Waals surface area contributed by atoms with E-state index in [9.17, 15) is 4.79 Å². The Morgan fingerprint density at radius 1 is 1.29 bits per heavy atom. The monoisotopic (exact) mass is 440 g/mol. The molecule has 1 aromatic carbocycles. The third-order valence-electron chi connectivity index (χ3n) is 3.76. The summed E-state index contributed by atoms with van der Waals surface area (Å²) in [6.45, 7) is 12.0. The van der Waals surface area contributed by atoms with E-state index in [0.29, 0.717) is 29.5 Å². The Hall–Kier alpha value is -0.113. The van der Waals surface area contributed by atoms with Gasteiger partial charge in [-0.25, -0.2) is 0 Å². The van der Waals surface area contributed by atoms with Gasteiger partial charge < -0.3 is 9.16 Å². The van der Waals surface area contributed by atoms with Crippen LogP contribution in [0.5, 0.6) is 5.75 Å². The molecule has 0 bridgehead atoms. The van der Waals surface area contributed by atoms with Gasteiger partial charge in [-0.1, -0.05) is 32.4 Å². The van der Waals surface area contributed by atoms with Gasteiger partial charge in [-0.2, -0.15) is 0 Å². The second kappa shape index (κ2) is 7.44. The van der Waals surface area contributed by atoms with Crippen molar-refractivity contribution in [3.63, 3.8) is 0 Å². The molecule has 0 aromatic heterocycles. The summed E-state index contributed by atoms with van der Waals surface area (Å²) in [5.41, 5.74) is 0.472. The molecule has 0 saturated heterocycles. The highest BCUT2D eigenvalue weighted by molar-refractivity contribution is 14.1. The number of ether oxygens (including phenoxy) is 1. The number of halogens is 2. The van der Waals surface area contributed by atoms with Crippen LogP contribution in [0.1, 0.15) is 31.1 Å². The molecule has 0 heterocycles. The molecule has 0 amide bonds. The standard InChI is InChI=1S/C15H22ClIO3Si/c1-15(2,3)21(4,5)20-7-6-19-14-11(10-18)8-12(16)9-13(14)17/h8-10H,6-7H2,1-5H3. The maximum absolute atomic E-state index is 11.1. The molecule has 118 valence electrons. The molecule has 0 unspecified atom stereocenters. The summed E-state index contributed by atoms with van der Waals surface area (Å²) in [7, 11) is -1.76. The minimum absolute atomic E-state index is 0.176. The van der Waals surface area contributed by atoms with Gasteiger partial charge in [0.1, 0.15) is 12.4 Å². The Kier molecular flexibility index (Phi) is 6.70. The first kappa shape index (κ1) is 18.9. The molecular formula is C15H22ClIO3Si. The summed E-state index contributed by atoms with van der Waals surface area (Å²) >= 11 is 8.05. The number of carbonyl (C=O) groups excluding carboxylic acids is 1. The molecule has 0 aliphatic carbocycles. The van der Waals surface area contributed by atoms with Gasteiger partial charge in [0.25, 0.3) is 0 Å². The highest BCUT2D eigenvalue weighted by Crippen LogP contribution is 2.36. The van der Waals surface area contributed by atoms with Gasteiger partial charge in [0.2, 0.25) is 0 Å². The Balaban J connectivity index is 2.64. The molecular weight excluding hydrogens is 419 g/mol. The van der Waals surface area contributed by atoms with Crippen molar-refractivity contribution < 1.29 is 14.0 Å². The van der Waals surface area contributed by atoms with E-state index in [0.717, 1.165) is 9.86 Å². The molecule has 0 radical (unpaired) electrons. The molecule has 21 heavy (non-hydrogen) atoms. The number of carbonyl (C=O) groups is 1. The molecule has 0 atom stereocenters. The second-order valence-corrected chi connectivity index (χ2v) is 12.8. The number of hydrogen-bond donors (Lipinski definition) is 0. The van der Waals surface area contributed by atoms with Crippen molar-refractivity contribution in [2.24, 2.45) is 0 Å². The smallest absolute Gasteiger partial charge is 0.192 e. The zero-order valence-electron chi connectivity index (χ0n) is 13.1. The lowest BCUT2D eigenvalue weighted by Crippen LogP contribution is -2.41. The van der Waals surface area contributed by atoms with Crippen LogP contribution < -0.4 is 4.74 Å². The molecule has 0 spiro atoms. The molecule has 1 aromatic rings. The van der Waals surface area contributed by atoms with Crippen LogP contribution in [0.15, 0.2) is 12.1 Å². The van der Waals surface area contributed by atoms with E-state index >= 15 is 0 Å². The SMILES string of the molecule is CC(C)(C)[Si](C)(C)OCCOc1c(I)cc(Cl)cc1C=O. The third-order valence-corrected chi connectivity index (χ3v) is 9.32. The van der Waals surface area contributed by atoms with E-state index in [2.05, 4.69) is 56.5 Å². The summed E-state index contributed by atoms with van der Waals surface area (Å²) in [6.07, 6.45) is 0.762. The van der Waals surface area contributed by atoms with E-state index in [-0.39, 0.29) is 5.04 Å². The second-order valence-electron chi connectivity index (χ2n) is 6.38. The zero-order chi connectivity index (χ0) is 16.3. The van der Waals surface area contributed by atoms with E-state index in [1.807, 2.05) is 0 Å². The van der Waals surface area contributed by atoms with Crippen LogP contribution in [-0.2, 0) is 4.43 Å². The minimum atomic E-state index is -1.76. The van der Waals surface area contributed by atoms with E-state index < -0.39 is 8.32 Å². The molecule has 0 aliphatic heterocycles. The van der Waals surface area contributed by atoms with Crippen molar-refractivity contribution >= 4 is 48.8 Å². The van der Waals surface area contributed by atoms with Crippen LogP contribution in [-0.4, -0.2) is 27.8 Å². The topological polar surface area (TPSA) is 35.5 Å².